The second kappa shape index (κ2) is 8.37. The first kappa shape index (κ1) is 16.2. The highest BCUT2D eigenvalue weighted by Crippen LogP contribution is 2.08. The first-order valence-corrected chi connectivity index (χ1v) is 9.41. The van der Waals surface area contributed by atoms with Gasteiger partial charge in [0.25, 0.3) is 0 Å². The Hall–Kier alpha value is 0.180. The van der Waals surface area contributed by atoms with Crippen LogP contribution in [-0.4, -0.2) is 69.8 Å². The average molecular weight is 295 g/mol. The van der Waals surface area contributed by atoms with E-state index in [1.54, 1.807) is 11.8 Å². The van der Waals surface area contributed by atoms with E-state index in [1.807, 2.05) is 6.26 Å². The Morgan fingerprint density at radius 2 is 2.06 bits per heavy atom. The van der Waals surface area contributed by atoms with Crippen molar-refractivity contribution in [2.24, 2.45) is 0 Å². The van der Waals surface area contributed by atoms with Crippen LogP contribution in [0.2, 0.25) is 0 Å². The summed E-state index contributed by atoms with van der Waals surface area (Å²) in [4.78, 5) is 2.19. The van der Waals surface area contributed by atoms with E-state index < -0.39 is 10.0 Å². The van der Waals surface area contributed by atoms with E-state index in [9.17, 15) is 8.42 Å². The van der Waals surface area contributed by atoms with Crippen molar-refractivity contribution in [3.05, 3.63) is 0 Å². The highest BCUT2D eigenvalue weighted by atomic mass is 32.2. The molecule has 1 aliphatic heterocycles. The molecule has 7 heteroatoms. The SMILES string of the molecule is CSC(C)CCNS(=O)(=O)CCN1CCNCC1. The van der Waals surface area contributed by atoms with Crippen LogP contribution in [0.5, 0.6) is 0 Å². The maximum atomic E-state index is 11.8. The molecule has 0 aromatic carbocycles. The van der Waals surface area contributed by atoms with Gasteiger partial charge < -0.3 is 5.32 Å². The molecule has 2 N–H and O–H groups in total. The molecule has 0 amide bonds. The standard InChI is InChI=1S/C11H25N3O2S2/c1-11(17-2)3-4-13-18(15,16)10-9-14-7-5-12-6-8-14/h11-13H,3-10H2,1-2H3. The summed E-state index contributed by atoms with van der Waals surface area (Å²) in [7, 11) is -3.11. The summed E-state index contributed by atoms with van der Waals surface area (Å²) in [6.45, 7) is 7.09. The lowest BCUT2D eigenvalue weighted by atomic mass is 10.3. The number of nitrogens with one attached hydrogen (secondary N) is 2. The Kier molecular flexibility index (Phi) is 7.55. The monoisotopic (exact) mass is 295 g/mol. The molecular weight excluding hydrogens is 270 g/mol. The zero-order valence-corrected chi connectivity index (χ0v) is 12.9. The molecule has 0 aliphatic carbocycles. The van der Waals surface area contributed by atoms with Crippen molar-refractivity contribution in [2.45, 2.75) is 18.6 Å². The second-order valence-corrected chi connectivity index (χ2v) is 7.84. The number of piperazine rings is 1. The predicted octanol–water partition coefficient (Wildman–Crippen LogP) is -0.0474. The molecular formula is C11H25N3O2S2. The van der Waals surface area contributed by atoms with Crippen molar-refractivity contribution >= 4 is 21.8 Å². The third-order valence-electron chi connectivity index (χ3n) is 3.16. The van der Waals surface area contributed by atoms with E-state index in [0.29, 0.717) is 18.3 Å². The van der Waals surface area contributed by atoms with Crippen LogP contribution in [0.15, 0.2) is 0 Å². The topological polar surface area (TPSA) is 61.4 Å². The van der Waals surface area contributed by atoms with Gasteiger partial charge in [0.2, 0.25) is 10.0 Å². The number of hydrogen-bond acceptors (Lipinski definition) is 5. The van der Waals surface area contributed by atoms with Gasteiger partial charge in [-0.2, -0.15) is 11.8 Å². The molecule has 0 spiro atoms. The number of thioether (sulfide) groups is 1. The van der Waals surface area contributed by atoms with Crippen molar-refractivity contribution in [3.8, 4) is 0 Å². The summed E-state index contributed by atoms with van der Waals surface area (Å²) in [5.41, 5.74) is 0. The van der Waals surface area contributed by atoms with Crippen LogP contribution >= 0.6 is 11.8 Å². The van der Waals surface area contributed by atoms with Gasteiger partial charge in [-0.05, 0) is 12.7 Å². The summed E-state index contributed by atoms with van der Waals surface area (Å²) in [6, 6.07) is 0. The first-order valence-electron chi connectivity index (χ1n) is 6.47. The molecule has 108 valence electrons. The molecule has 1 saturated heterocycles. The normalized spacial score (nSPS) is 19.9. The molecule has 0 aromatic rings. The van der Waals surface area contributed by atoms with Gasteiger partial charge in [0.15, 0.2) is 0 Å². The summed E-state index contributed by atoms with van der Waals surface area (Å²) in [5.74, 6) is 0.209. The van der Waals surface area contributed by atoms with E-state index >= 15 is 0 Å². The Labute approximate surface area is 115 Å². The van der Waals surface area contributed by atoms with Crippen molar-refractivity contribution in [3.63, 3.8) is 0 Å². The minimum atomic E-state index is -3.11. The van der Waals surface area contributed by atoms with Crippen molar-refractivity contribution in [1.82, 2.24) is 14.9 Å². The fourth-order valence-electron chi connectivity index (χ4n) is 1.79. The second-order valence-electron chi connectivity index (χ2n) is 4.64. The fourth-order valence-corrected chi connectivity index (χ4v) is 3.22. The van der Waals surface area contributed by atoms with Gasteiger partial charge >= 0.3 is 0 Å². The van der Waals surface area contributed by atoms with Gasteiger partial charge in [-0.15, -0.1) is 0 Å². The Bertz CT molecular complexity index is 316. The molecule has 1 heterocycles. The zero-order chi connectivity index (χ0) is 13.4. The molecule has 1 fully saturated rings. The van der Waals surface area contributed by atoms with Crippen LogP contribution < -0.4 is 10.0 Å². The zero-order valence-electron chi connectivity index (χ0n) is 11.3. The van der Waals surface area contributed by atoms with Gasteiger partial charge in [0.05, 0.1) is 5.75 Å². The van der Waals surface area contributed by atoms with Crippen LogP contribution in [0.1, 0.15) is 13.3 Å². The largest absolute Gasteiger partial charge is 0.314 e. The van der Waals surface area contributed by atoms with Gasteiger partial charge in [-0.1, -0.05) is 6.92 Å². The molecule has 0 radical (unpaired) electrons. The minimum absolute atomic E-state index is 0.209. The number of rotatable bonds is 8. The number of hydrogen-bond donors (Lipinski definition) is 2. The first-order chi connectivity index (χ1) is 8.53. The lowest BCUT2D eigenvalue weighted by Gasteiger charge is -2.26. The number of nitrogens with zero attached hydrogens (tertiary/aromatic N) is 1. The molecule has 0 aromatic heterocycles. The van der Waals surface area contributed by atoms with E-state index in [-0.39, 0.29) is 5.75 Å². The molecule has 0 bridgehead atoms. The minimum Gasteiger partial charge on any atom is -0.314 e. The summed E-state index contributed by atoms with van der Waals surface area (Å²) in [5, 5.41) is 3.76. The van der Waals surface area contributed by atoms with Crippen molar-refractivity contribution in [1.29, 1.82) is 0 Å². The molecule has 1 aliphatic rings. The van der Waals surface area contributed by atoms with Crippen molar-refractivity contribution < 1.29 is 8.42 Å². The Balaban J connectivity index is 2.18. The molecule has 18 heavy (non-hydrogen) atoms. The predicted molar refractivity (Wildman–Crippen MR) is 78.7 cm³/mol. The highest BCUT2D eigenvalue weighted by Gasteiger charge is 2.15. The highest BCUT2D eigenvalue weighted by molar-refractivity contribution is 7.99. The van der Waals surface area contributed by atoms with Crippen LogP contribution in [0.3, 0.4) is 0 Å². The van der Waals surface area contributed by atoms with Gasteiger partial charge in [-0.3, -0.25) is 4.90 Å². The molecule has 1 rings (SSSR count). The third-order valence-corrected chi connectivity index (χ3v) is 5.57. The van der Waals surface area contributed by atoms with E-state index in [4.69, 9.17) is 0 Å². The Morgan fingerprint density at radius 1 is 1.39 bits per heavy atom. The summed E-state index contributed by atoms with van der Waals surface area (Å²) < 4.78 is 26.2. The maximum absolute atomic E-state index is 11.8. The van der Waals surface area contributed by atoms with Gasteiger partial charge in [-0.25, -0.2) is 13.1 Å². The molecule has 1 atom stereocenters. The lowest BCUT2D eigenvalue weighted by Crippen LogP contribution is -2.46. The van der Waals surface area contributed by atoms with E-state index in [1.165, 1.54) is 0 Å². The van der Waals surface area contributed by atoms with Crippen LogP contribution in [0.25, 0.3) is 0 Å². The molecule has 1 unspecified atom stereocenters. The smallest absolute Gasteiger partial charge is 0.212 e. The van der Waals surface area contributed by atoms with Crippen LogP contribution in [0, 0.1) is 0 Å². The van der Waals surface area contributed by atoms with E-state index in [0.717, 1.165) is 32.6 Å². The quantitative estimate of drug-likeness (QED) is 0.658. The fraction of sp³-hybridized carbons (Fsp3) is 1.00. The van der Waals surface area contributed by atoms with Crippen LogP contribution in [0.4, 0.5) is 0 Å². The van der Waals surface area contributed by atoms with Crippen LogP contribution in [-0.2, 0) is 10.0 Å². The summed E-state index contributed by atoms with van der Waals surface area (Å²) in [6.07, 6.45) is 2.93. The van der Waals surface area contributed by atoms with Gasteiger partial charge in [0, 0.05) is 44.5 Å². The molecule has 5 nitrogen and oxygen atoms in total. The lowest BCUT2D eigenvalue weighted by molar-refractivity contribution is 0.253. The van der Waals surface area contributed by atoms with E-state index in [2.05, 4.69) is 21.9 Å². The van der Waals surface area contributed by atoms with Crippen molar-refractivity contribution in [2.75, 3.05) is 51.3 Å². The maximum Gasteiger partial charge on any atom is 0.212 e. The Morgan fingerprint density at radius 3 is 2.67 bits per heavy atom. The third kappa shape index (κ3) is 6.94. The average Bonchev–Trinajstić information content (AvgIpc) is 2.37. The number of sulfonamides is 1. The summed E-state index contributed by atoms with van der Waals surface area (Å²) >= 11 is 1.76. The van der Waals surface area contributed by atoms with Gasteiger partial charge in [0.1, 0.15) is 0 Å². The molecule has 0 saturated carbocycles.